The maximum absolute atomic E-state index is 15.2. The van der Waals surface area contributed by atoms with Crippen molar-refractivity contribution >= 4 is 35.3 Å². The molecule has 0 bridgehead atoms. The Morgan fingerprint density at radius 3 is 2.55 bits per heavy atom. The van der Waals surface area contributed by atoms with Crippen molar-refractivity contribution in [1.82, 2.24) is 14.5 Å². The molecule has 1 amide bonds. The largest absolute Gasteiger partial charge is 0.494 e. The van der Waals surface area contributed by atoms with E-state index in [0.717, 1.165) is 22.5 Å². The fourth-order valence-electron chi connectivity index (χ4n) is 5.71. The van der Waals surface area contributed by atoms with E-state index < -0.39 is 5.97 Å². The zero-order chi connectivity index (χ0) is 31.4. The molecule has 0 radical (unpaired) electrons. The van der Waals surface area contributed by atoms with Crippen molar-refractivity contribution in [3.05, 3.63) is 101 Å². The van der Waals surface area contributed by atoms with Crippen LogP contribution in [0.5, 0.6) is 5.75 Å². The fraction of sp³-hybridized carbons (Fsp3) is 0.286. The van der Waals surface area contributed by atoms with E-state index in [1.165, 1.54) is 6.08 Å². The van der Waals surface area contributed by atoms with Crippen molar-refractivity contribution in [1.29, 1.82) is 0 Å². The smallest absolute Gasteiger partial charge is 0.336 e. The molecule has 3 aromatic rings. The van der Waals surface area contributed by atoms with Crippen molar-refractivity contribution in [2.24, 2.45) is 0 Å². The number of hydrogen-bond donors (Lipinski definition) is 1. The van der Waals surface area contributed by atoms with Gasteiger partial charge in [0.15, 0.2) is 0 Å². The monoisotopic (exact) mass is 596 g/mol. The van der Waals surface area contributed by atoms with Gasteiger partial charge in [0, 0.05) is 49.7 Å². The highest BCUT2D eigenvalue weighted by atomic mass is 19.1. The number of piperazine rings is 1. The van der Waals surface area contributed by atoms with Gasteiger partial charge in [0.2, 0.25) is 0 Å². The minimum absolute atomic E-state index is 0.185. The minimum atomic E-state index is -1.02. The Morgan fingerprint density at radius 2 is 1.89 bits per heavy atom. The molecule has 0 saturated carbocycles. The van der Waals surface area contributed by atoms with Crippen LogP contribution in [0.15, 0.2) is 72.7 Å². The van der Waals surface area contributed by atoms with Crippen LogP contribution in [0.4, 0.5) is 10.1 Å². The summed E-state index contributed by atoms with van der Waals surface area (Å²) in [6.45, 7) is 11.9. The molecule has 0 spiro atoms. The number of carboxylic acid groups (broad SMARTS) is 1. The van der Waals surface area contributed by atoms with Crippen LogP contribution in [0.25, 0.3) is 23.4 Å². The number of ether oxygens (including phenoxy) is 1. The van der Waals surface area contributed by atoms with Gasteiger partial charge in [0.1, 0.15) is 23.1 Å². The highest BCUT2D eigenvalue weighted by Crippen LogP contribution is 2.34. The fourth-order valence-corrected chi connectivity index (χ4v) is 5.71. The zero-order valence-electron chi connectivity index (χ0n) is 25.3. The lowest BCUT2D eigenvalue weighted by atomic mass is 9.98. The predicted molar refractivity (Wildman–Crippen MR) is 172 cm³/mol. The lowest BCUT2D eigenvalue weighted by molar-refractivity contribution is 0.0695. The minimum Gasteiger partial charge on any atom is -0.494 e. The second-order valence-corrected chi connectivity index (χ2v) is 10.9. The van der Waals surface area contributed by atoms with Gasteiger partial charge >= 0.3 is 5.97 Å². The number of anilines is 1. The van der Waals surface area contributed by atoms with E-state index in [-0.39, 0.29) is 23.0 Å². The van der Waals surface area contributed by atoms with Gasteiger partial charge in [-0.25, -0.2) is 14.2 Å². The van der Waals surface area contributed by atoms with Gasteiger partial charge < -0.3 is 19.6 Å². The molecule has 2 aromatic carbocycles. The molecular formula is C35H37FN4O4. The SMILES string of the molecule is C=Cc1c(/C=C\C)cc(N2CCN(C(=O)c3cn(-c4cccc(OCC)c4)c(C4=C(F)C=C(C)CC4)n3)CC2)cc1C(=O)O. The van der Waals surface area contributed by atoms with Crippen LogP contribution < -0.4 is 9.64 Å². The van der Waals surface area contributed by atoms with E-state index >= 15 is 4.39 Å². The first-order valence-electron chi connectivity index (χ1n) is 14.8. The topological polar surface area (TPSA) is 87.9 Å². The first kappa shape index (κ1) is 30.5. The van der Waals surface area contributed by atoms with Crippen LogP contribution in [0.1, 0.15) is 71.4 Å². The number of carboxylic acids is 1. The highest BCUT2D eigenvalue weighted by molar-refractivity contribution is 5.96. The number of aromatic nitrogens is 2. The van der Waals surface area contributed by atoms with Crippen LogP contribution in [0.2, 0.25) is 0 Å². The Labute approximate surface area is 257 Å². The third kappa shape index (κ3) is 6.22. The summed E-state index contributed by atoms with van der Waals surface area (Å²) in [6, 6.07) is 11.1. The number of amides is 1. The molecule has 228 valence electrons. The molecule has 1 N–H and O–H groups in total. The van der Waals surface area contributed by atoms with Gasteiger partial charge in [-0.2, -0.15) is 0 Å². The molecule has 1 fully saturated rings. The Kier molecular flexibility index (Phi) is 9.13. The van der Waals surface area contributed by atoms with Crippen LogP contribution in [0, 0.1) is 0 Å². The first-order valence-corrected chi connectivity index (χ1v) is 14.8. The molecule has 0 atom stereocenters. The number of allylic oxidation sites excluding steroid dienone is 5. The van der Waals surface area contributed by atoms with Crippen molar-refractivity contribution in [3.63, 3.8) is 0 Å². The summed E-state index contributed by atoms with van der Waals surface area (Å²) >= 11 is 0. The molecule has 1 aliphatic heterocycles. The number of aromatic carboxylic acids is 1. The number of nitrogens with zero attached hydrogens (tertiary/aromatic N) is 4. The third-order valence-electron chi connectivity index (χ3n) is 7.94. The molecule has 5 rings (SSSR count). The second kappa shape index (κ2) is 13.2. The number of benzene rings is 2. The summed E-state index contributed by atoms with van der Waals surface area (Å²) in [7, 11) is 0. The molecule has 9 heteroatoms. The zero-order valence-corrected chi connectivity index (χ0v) is 25.3. The van der Waals surface area contributed by atoms with Crippen molar-refractivity contribution in [3.8, 4) is 11.4 Å². The molecule has 2 aliphatic rings. The average Bonchev–Trinajstić information content (AvgIpc) is 3.46. The number of hydrogen-bond acceptors (Lipinski definition) is 5. The first-order chi connectivity index (χ1) is 21.2. The van der Waals surface area contributed by atoms with Gasteiger partial charge in [-0.05, 0) is 75.1 Å². The van der Waals surface area contributed by atoms with E-state index in [2.05, 4.69) is 11.5 Å². The lowest BCUT2D eigenvalue weighted by Crippen LogP contribution is -2.49. The van der Waals surface area contributed by atoms with Crippen LogP contribution in [0.3, 0.4) is 0 Å². The summed E-state index contributed by atoms with van der Waals surface area (Å²) in [5.74, 6) is -0.518. The quantitative estimate of drug-likeness (QED) is 0.285. The van der Waals surface area contributed by atoms with Crippen molar-refractivity contribution < 1.29 is 23.8 Å². The van der Waals surface area contributed by atoms with Crippen molar-refractivity contribution in [2.45, 2.75) is 33.6 Å². The van der Waals surface area contributed by atoms with Gasteiger partial charge in [-0.3, -0.25) is 9.36 Å². The Balaban J connectivity index is 1.43. The highest BCUT2D eigenvalue weighted by Gasteiger charge is 2.28. The van der Waals surface area contributed by atoms with Gasteiger partial charge in [0.05, 0.1) is 17.9 Å². The third-order valence-corrected chi connectivity index (χ3v) is 7.94. The van der Waals surface area contributed by atoms with E-state index in [1.807, 2.05) is 63.3 Å². The van der Waals surface area contributed by atoms with Crippen LogP contribution >= 0.6 is 0 Å². The van der Waals surface area contributed by atoms with Crippen LogP contribution in [-0.4, -0.2) is 64.2 Å². The maximum Gasteiger partial charge on any atom is 0.336 e. The Hall–Kier alpha value is -4.92. The van der Waals surface area contributed by atoms with E-state index in [9.17, 15) is 14.7 Å². The number of carbonyl (C=O) groups is 2. The standard InChI is InChI=1S/C35H37FN4O4/c1-5-9-24-19-26(21-30(35(42)43)28(24)6-2)38-14-16-39(17-15-38)34(41)32-22-40(25-10-8-11-27(20-25)44-7-3)33(37-32)29-13-12-23(4)18-31(29)36/h5-6,8-11,18-22H,2,7,12-17H2,1,3-4H3,(H,42,43)/b9-5-. The average molecular weight is 597 g/mol. The summed E-state index contributed by atoms with van der Waals surface area (Å²) in [5, 5.41) is 9.84. The molecule has 0 unspecified atom stereocenters. The lowest BCUT2D eigenvalue weighted by Gasteiger charge is -2.36. The van der Waals surface area contributed by atoms with Crippen molar-refractivity contribution in [2.75, 3.05) is 37.7 Å². The van der Waals surface area contributed by atoms with E-state index in [4.69, 9.17) is 9.72 Å². The Bertz CT molecular complexity index is 1690. The summed E-state index contributed by atoms with van der Waals surface area (Å²) in [4.78, 5) is 34.3. The number of halogens is 1. The Morgan fingerprint density at radius 1 is 1.11 bits per heavy atom. The van der Waals surface area contributed by atoms with E-state index in [0.29, 0.717) is 68.3 Å². The second-order valence-electron chi connectivity index (χ2n) is 10.9. The summed E-state index contributed by atoms with van der Waals surface area (Å²) in [6.07, 6.45) is 9.71. The molecular weight excluding hydrogens is 559 g/mol. The van der Waals surface area contributed by atoms with E-state index in [1.54, 1.807) is 27.8 Å². The molecule has 8 nitrogen and oxygen atoms in total. The maximum atomic E-state index is 15.2. The number of rotatable bonds is 9. The molecule has 1 aliphatic carbocycles. The molecule has 1 saturated heterocycles. The number of carbonyl (C=O) groups excluding carboxylic acids is 1. The molecule has 2 heterocycles. The predicted octanol–water partition coefficient (Wildman–Crippen LogP) is 7.03. The summed E-state index contributed by atoms with van der Waals surface area (Å²) in [5.41, 5.74) is 4.70. The number of imidazole rings is 1. The molecule has 44 heavy (non-hydrogen) atoms. The van der Waals surface area contributed by atoms with Crippen LogP contribution in [-0.2, 0) is 0 Å². The van der Waals surface area contributed by atoms with Gasteiger partial charge in [-0.15, -0.1) is 0 Å². The normalized spacial score (nSPS) is 15.5. The summed E-state index contributed by atoms with van der Waals surface area (Å²) < 4.78 is 22.7. The van der Waals surface area contributed by atoms with Gasteiger partial charge in [0.25, 0.3) is 5.91 Å². The van der Waals surface area contributed by atoms with Gasteiger partial charge in [-0.1, -0.05) is 36.4 Å². The molecule has 1 aromatic heterocycles.